The number of hydrogen-bond donors (Lipinski definition) is 1. The number of carbonyl (C=O) groups excluding carboxylic acids is 1. The Kier molecular flexibility index (Phi) is 4.97. The van der Waals surface area contributed by atoms with Crippen LogP contribution in [0.4, 0.5) is 14.5 Å². The lowest BCUT2D eigenvalue weighted by Crippen LogP contribution is -2.34. The number of fused-ring (bicyclic) bond motifs is 1. The maximum absolute atomic E-state index is 12.7. The molecule has 1 N–H and O–H groups in total. The third-order valence-corrected chi connectivity index (χ3v) is 4.17. The van der Waals surface area contributed by atoms with Gasteiger partial charge in [-0.2, -0.15) is 8.78 Å². The van der Waals surface area contributed by atoms with Gasteiger partial charge in [0.1, 0.15) is 19.0 Å². The fourth-order valence-electron chi connectivity index (χ4n) is 2.57. The molecule has 0 unspecified atom stereocenters. The van der Waals surface area contributed by atoms with E-state index in [-0.39, 0.29) is 11.7 Å². The van der Waals surface area contributed by atoms with Crippen LogP contribution in [-0.4, -0.2) is 25.7 Å². The van der Waals surface area contributed by atoms with Crippen LogP contribution in [0.5, 0.6) is 17.2 Å². The highest BCUT2D eigenvalue weighted by molar-refractivity contribution is 5.98. The van der Waals surface area contributed by atoms with Gasteiger partial charge < -0.3 is 19.5 Å². The van der Waals surface area contributed by atoms with Crippen molar-refractivity contribution in [1.29, 1.82) is 0 Å². The van der Waals surface area contributed by atoms with Crippen LogP contribution in [0.25, 0.3) is 0 Å². The van der Waals surface area contributed by atoms with Gasteiger partial charge in [0.25, 0.3) is 0 Å². The number of rotatable bonds is 5. The Morgan fingerprint density at radius 3 is 2.38 bits per heavy atom. The summed E-state index contributed by atoms with van der Waals surface area (Å²) in [5.41, 5.74) is 0.424. The Labute approximate surface area is 149 Å². The number of ether oxygens (including phenoxy) is 3. The highest BCUT2D eigenvalue weighted by Crippen LogP contribution is 2.35. The maximum Gasteiger partial charge on any atom is 0.387 e. The van der Waals surface area contributed by atoms with E-state index in [4.69, 9.17) is 9.47 Å². The van der Waals surface area contributed by atoms with Gasteiger partial charge in [-0.05, 0) is 55.8 Å². The molecule has 7 heteroatoms. The smallest absolute Gasteiger partial charge is 0.387 e. The lowest BCUT2D eigenvalue weighted by atomic mass is 9.83. The molecule has 2 aromatic rings. The summed E-state index contributed by atoms with van der Waals surface area (Å²) in [5.74, 6) is 1.06. The van der Waals surface area contributed by atoms with E-state index in [0.29, 0.717) is 30.4 Å². The van der Waals surface area contributed by atoms with Crippen LogP contribution in [0, 0.1) is 0 Å². The first-order valence-electron chi connectivity index (χ1n) is 8.13. The fourth-order valence-corrected chi connectivity index (χ4v) is 2.57. The van der Waals surface area contributed by atoms with E-state index in [1.165, 1.54) is 24.3 Å². The highest BCUT2D eigenvalue weighted by Gasteiger charge is 2.31. The predicted molar refractivity (Wildman–Crippen MR) is 92.2 cm³/mol. The molecule has 26 heavy (non-hydrogen) atoms. The molecule has 0 saturated heterocycles. The minimum atomic E-state index is -2.88. The van der Waals surface area contributed by atoms with Crippen LogP contribution < -0.4 is 19.5 Å². The molecule has 1 amide bonds. The first-order chi connectivity index (χ1) is 12.4. The van der Waals surface area contributed by atoms with E-state index in [0.717, 1.165) is 5.56 Å². The van der Waals surface area contributed by atoms with Crippen molar-refractivity contribution in [2.24, 2.45) is 0 Å². The van der Waals surface area contributed by atoms with Crippen molar-refractivity contribution in [3.8, 4) is 17.2 Å². The van der Waals surface area contributed by atoms with Crippen LogP contribution in [0.3, 0.4) is 0 Å². The van der Waals surface area contributed by atoms with E-state index in [2.05, 4.69) is 10.1 Å². The molecule has 1 aliphatic heterocycles. The first kappa shape index (κ1) is 18.0. The number of amides is 1. The molecule has 0 saturated carbocycles. The van der Waals surface area contributed by atoms with Gasteiger partial charge in [-0.25, -0.2) is 0 Å². The molecule has 3 rings (SSSR count). The average Bonchev–Trinajstić information content (AvgIpc) is 2.62. The monoisotopic (exact) mass is 363 g/mol. The first-order valence-corrected chi connectivity index (χ1v) is 8.13. The zero-order valence-electron chi connectivity index (χ0n) is 14.4. The largest absolute Gasteiger partial charge is 0.486 e. The number of alkyl halides is 2. The summed E-state index contributed by atoms with van der Waals surface area (Å²) in [6.07, 6.45) is 0. The fraction of sp³-hybridized carbons (Fsp3) is 0.316. The van der Waals surface area contributed by atoms with Gasteiger partial charge in [-0.15, -0.1) is 0 Å². The molecule has 1 heterocycles. The van der Waals surface area contributed by atoms with Gasteiger partial charge in [0.15, 0.2) is 11.5 Å². The minimum Gasteiger partial charge on any atom is -0.486 e. The van der Waals surface area contributed by atoms with Crippen LogP contribution in [0.2, 0.25) is 0 Å². The summed E-state index contributed by atoms with van der Waals surface area (Å²) in [5, 5.41) is 2.79. The lowest BCUT2D eigenvalue weighted by molar-refractivity contribution is -0.120. The summed E-state index contributed by atoms with van der Waals surface area (Å²) < 4.78 is 39.7. The van der Waals surface area contributed by atoms with Crippen LogP contribution >= 0.6 is 0 Å². The van der Waals surface area contributed by atoms with Gasteiger partial charge in [-0.1, -0.05) is 6.07 Å². The predicted octanol–water partition coefficient (Wildman–Crippen LogP) is 3.98. The molecular formula is C19H19F2NO4. The second-order valence-corrected chi connectivity index (χ2v) is 6.34. The van der Waals surface area contributed by atoms with Gasteiger partial charge in [0, 0.05) is 5.69 Å². The molecule has 1 aliphatic rings. The molecule has 0 spiro atoms. The molecule has 138 valence electrons. The third kappa shape index (κ3) is 3.87. The minimum absolute atomic E-state index is 0.0316. The average molecular weight is 363 g/mol. The molecule has 0 bridgehead atoms. The Morgan fingerprint density at radius 1 is 1.08 bits per heavy atom. The van der Waals surface area contributed by atoms with Gasteiger partial charge in [0.2, 0.25) is 5.91 Å². The molecule has 0 fully saturated rings. The topological polar surface area (TPSA) is 56.8 Å². The number of nitrogens with one attached hydrogen (secondary N) is 1. The van der Waals surface area contributed by atoms with Crippen molar-refractivity contribution in [2.45, 2.75) is 25.9 Å². The van der Waals surface area contributed by atoms with E-state index in [9.17, 15) is 13.6 Å². The molecule has 5 nitrogen and oxygen atoms in total. The van der Waals surface area contributed by atoms with E-state index >= 15 is 0 Å². The second kappa shape index (κ2) is 7.19. The summed E-state index contributed by atoms with van der Waals surface area (Å²) >= 11 is 0. The van der Waals surface area contributed by atoms with E-state index < -0.39 is 12.0 Å². The Hall–Kier alpha value is -2.83. The summed E-state index contributed by atoms with van der Waals surface area (Å²) in [6, 6.07) is 11.2. The summed E-state index contributed by atoms with van der Waals surface area (Å²) in [4.78, 5) is 12.7. The van der Waals surface area contributed by atoms with Crippen molar-refractivity contribution in [3.63, 3.8) is 0 Å². The van der Waals surface area contributed by atoms with Crippen LogP contribution in [-0.2, 0) is 10.2 Å². The molecular weight excluding hydrogens is 344 g/mol. The lowest BCUT2D eigenvalue weighted by Gasteiger charge is -2.26. The zero-order valence-corrected chi connectivity index (χ0v) is 14.4. The normalized spacial score (nSPS) is 13.4. The molecule has 0 aliphatic carbocycles. The van der Waals surface area contributed by atoms with E-state index in [1.54, 1.807) is 26.0 Å². The molecule has 2 aromatic carbocycles. The van der Waals surface area contributed by atoms with Crippen molar-refractivity contribution in [1.82, 2.24) is 0 Å². The van der Waals surface area contributed by atoms with E-state index in [1.807, 2.05) is 6.07 Å². The maximum atomic E-state index is 12.7. The Balaban J connectivity index is 1.73. The molecule has 0 atom stereocenters. The van der Waals surface area contributed by atoms with Crippen LogP contribution in [0.1, 0.15) is 19.4 Å². The second-order valence-electron chi connectivity index (χ2n) is 6.34. The van der Waals surface area contributed by atoms with Gasteiger partial charge in [-0.3, -0.25) is 4.79 Å². The number of carbonyl (C=O) groups is 1. The van der Waals surface area contributed by atoms with Crippen molar-refractivity contribution >= 4 is 11.6 Å². The quantitative estimate of drug-likeness (QED) is 0.873. The number of benzene rings is 2. The van der Waals surface area contributed by atoms with Crippen molar-refractivity contribution < 1.29 is 27.8 Å². The van der Waals surface area contributed by atoms with Crippen molar-refractivity contribution in [2.75, 3.05) is 18.5 Å². The standard InChI is InChI=1S/C19H19F2NO4/c1-19(2,12-3-8-15-16(11-12)25-10-9-24-15)17(23)22-13-4-6-14(7-5-13)26-18(20)21/h3-8,11,18H,9-10H2,1-2H3,(H,22,23). The number of anilines is 1. The SMILES string of the molecule is CC(C)(C(=O)Nc1ccc(OC(F)F)cc1)c1ccc2c(c1)OCCO2. The third-order valence-electron chi connectivity index (χ3n) is 4.17. The summed E-state index contributed by atoms with van der Waals surface area (Å²) in [7, 11) is 0. The Morgan fingerprint density at radius 2 is 1.73 bits per heavy atom. The number of halogens is 2. The van der Waals surface area contributed by atoms with Gasteiger partial charge in [0.05, 0.1) is 5.41 Å². The molecule has 0 aromatic heterocycles. The van der Waals surface area contributed by atoms with Crippen molar-refractivity contribution in [3.05, 3.63) is 48.0 Å². The zero-order chi connectivity index (χ0) is 18.7. The summed E-state index contributed by atoms with van der Waals surface area (Å²) in [6.45, 7) is 1.67. The number of hydrogen-bond acceptors (Lipinski definition) is 4. The Bertz CT molecular complexity index is 791. The highest BCUT2D eigenvalue weighted by atomic mass is 19.3. The van der Waals surface area contributed by atoms with Crippen LogP contribution in [0.15, 0.2) is 42.5 Å². The van der Waals surface area contributed by atoms with Gasteiger partial charge >= 0.3 is 6.61 Å². The molecule has 0 radical (unpaired) electrons.